The van der Waals surface area contributed by atoms with Crippen LogP contribution in [0.3, 0.4) is 0 Å². The number of benzene rings is 1. The third kappa shape index (κ3) is 2.63. The molecule has 0 fully saturated rings. The molecule has 4 nitrogen and oxygen atoms in total. The van der Waals surface area contributed by atoms with E-state index in [-0.39, 0.29) is 0 Å². The average molecular weight is 324 g/mol. The Labute approximate surface area is 144 Å². The van der Waals surface area contributed by atoms with Crippen LogP contribution in [0, 0.1) is 0 Å². The van der Waals surface area contributed by atoms with Crippen LogP contribution in [0.25, 0.3) is 11.3 Å². The predicted molar refractivity (Wildman–Crippen MR) is 99.5 cm³/mol. The smallest absolute Gasteiger partial charge is 0.0923 e. The molecule has 0 amide bonds. The van der Waals surface area contributed by atoms with Gasteiger partial charge in [0.25, 0.3) is 0 Å². The third-order valence-electron chi connectivity index (χ3n) is 5.62. The van der Waals surface area contributed by atoms with E-state index in [1.165, 1.54) is 49.2 Å². The molecule has 1 aromatic heterocycles. The van der Waals surface area contributed by atoms with Crippen molar-refractivity contribution in [1.82, 2.24) is 15.1 Å². The fourth-order valence-electron chi connectivity index (χ4n) is 4.67. The van der Waals surface area contributed by atoms with Crippen LogP contribution < -0.4 is 5.32 Å². The van der Waals surface area contributed by atoms with Crippen molar-refractivity contribution in [3.63, 3.8) is 0 Å². The van der Waals surface area contributed by atoms with Crippen LogP contribution in [-0.2, 0) is 6.42 Å². The van der Waals surface area contributed by atoms with Crippen LogP contribution in [0.1, 0.15) is 50.2 Å². The Morgan fingerprint density at radius 2 is 2.00 bits per heavy atom. The molecule has 2 heterocycles. The van der Waals surface area contributed by atoms with Gasteiger partial charge in [0.05, 0.1) is 5.69 Å². The van der Waals surface area contributed by atoms with E-state index >= 15 is 0 Å². The molecule has 0 saturated carbocycles. The first-order chi connectivity index (χ1) is 11.8. The number of aromatic nitrogens is 2. The van der Waals surface area contributed by atoms with E-state index in [1.54, 1.807) is 5.56 Å². The molecule has 2 unspecified atom stereocenters. The van der Waals surface area contributed by atoms with Gasteiger partial charge in [-0.15, -0.1) is 0 Å². The highest BCUT2D eigenvalue weighted by Gasteiger charge is 2.36. The molecule has 2 N–H and O–H groups in total. The molecule has 2 atom stereocenters. The molecule has 128 valence electrons. The number of rotatable bonds is 6. The fraction of sp³-hybridized carbons (Fsp3) is 0.550. The largest absolute Gasteiger partial charge is 0.384 e. The standard InChI is InChI=1S/C20H28N4/c1-3-9-24(10-4-2)15-11-14-13-21-19-6-5-16(17(12-15)20(14)19)18-7-8-22-23-18/h5-8,14-15,21H,3-4,9-13H2,1-2H3,(H,22,23). The Balaban J connectivity index is 1.73. The summed E-state index contributed by atoms with van der Waals surface area (Å²) < 4.78 is 0. The van der Waals surface area contributed by atoms with E-state index in [2.05, 4.69) is 52.5 Å². The van der Waals surface area contributed by atoms with E-state index in [0.29, 0.717) is 12.0 Å². The number of nitrogens with one attached hydrogen (secondary N) is 2. The van der Waals surface area contributed by atoms with Gasteiger partial charge in [0.1, 0.15) is 0 Å². The maximum Gasteiger partial charge on any atom is 0.0923 e. The number of nitrogens with zero attached hydrogens (tertiary/aromatic N) is 2. The lowest BCUT2D eigenvalue weighted by Gasteiger charge is -2.37. The van der Waals surface area contributed by atoms with Crippen molar-refractivity contribution >= 4 is 5.69 Å². The minimum absolute atomic E-state index is 0.656. The first-order valence-electron chi connectivity index (χ1n) is 9.45. The van der Waals surface area contributed by atoms with Crippen molar-refractivity contribution in [3.05, 3.63) is 35.5 Å². The summed E-state index contributed by atoms with van der Waals surface area (Å²) in [4.78, 5) is 2.72. The third-order valence-corrected chi connectivity index (χ3v) is 5.62. The van der Waals surface area contributed by atoms with E-state index in [1.807, 2.05) is 6.20 Å². The second-order valence-corrected chi connectivity index (χ2v) is 7.22. The zero-order chi connectivity index (χ0) is 16.5. The van der Waals surface area contributed by atoms with Gasteiger partial charge in [-0.2, -0.15) is 5.10 Å². The average Bonchev–Trinajstić information content (AvgIpc) is 3.26. The highest BCUT2D eigenvalue weighted by molar-refractivity contribution is 5.74. The fourth-order valence-corrected chi connectivity index (χ4v) is 4.67. The van der Waals surface area contributed by atoms with Crippen molar-refractivity contribution in [1.29, 1.82) is 0 Å². The SMILES string of the molecule is CCCN(CCC)C1Cc2c(-c3cc[nH]n3)ccc3c2C(CN3)C1. The molecule has 1 aliphatic heterocycles. The first-order valence-corrected chi connectivity index (χ1v) is 9.45. The lowest BCUT2D eigenvalue weighted by molar-refractivity contribution is 0.173. The number of anilines is 1. The van der Waals surface area contributed by atoms with Crippen LogP contribution in [0.5, 0.6) is 0 Å². The summed E-state index contributed by atoms with van der Waals surface area (Å²) in [5.74, 6) is 0.656. The summed E-state index contributed by atoms with van der Waals surface area (Å²) in [6.45, 7) is 8.11. The van der Waals surface area contributed by atoms with Crippen LogP contribution in [-0.4, -0.2) is 40.8 Å². The first kappa shape index (κ1) is 15.7. The summed E-state index contributed by atoms with van der Waals surface area (Å²) >= 11 is 0. The van der Waals surface area contributed by atoms with Gasteiger partial charge in [-0.1, -0.05) is 19.9 Å². The normalized spacial score (nSPS) is 21.8. The monoisotopic (exact) mass is 324 g/mol. The molecule has 4 rings (SSSR count). The maximum atomic E-state index is 4.45. The topological polar surface area (TPSA) is 44.0 Å². The van der Waals surface area contributed by atoms with Gasteiger partial charge in [-0.25, -0.2) is 0 Å². The van der Waals surface area contributed by atoms with E-state index < -0.39 is 0 Å². The zero-order valence-corrected chi connectivity index (χ0v) is 14.8. The molecular formula is C20H28N4. The van der Waals surface area contributed by atoms with Gasteiger partial charge in [0, 0.05) is 36.0 Å². The molecule has 24 heavy (non-hydrogen) atoms. The molecule has 2 aliphatic rings. The number of aromatic amines is 1. The maximum absolute atomic E-state index is 4.45. The van der Waals surface area contributed by atoms with Gasteiger partial charge >= 0.3 is 0 Å². The van der Waals surface area contributed by atoms with Gasteiger partial charge in [0.15, 0.2) is 0 Å². The molecule has 4 heteroatoms. The molecule has 1 aromatic carbocycles. The molecular weight excluding hydrogens is 296 g/mol. The molecule has 0 spiro atoms. The van der Waals surface area contributed by atoms with Gasteiger partial charge in [0.2, 0.25) is 0 Å². The van der Waals surface area contributed by atoms with Crippen LogP contribution in [0.4, 0.5) is 5.69 Å². The summed E-state index contributed by atoms with van der Waals surface area (Å²) in [6.07, 6.45) is 6.84. The number of H-pyrrole nitrogens is 1. The highest BCUT2D eigenvalue weighted by Crippen LogP contribution is 2.45. The molecule has 0 radical (unpaired) electrons. The van der Waals surface area contributed by atoms with Gasteiger partial charge in [-0.05, 0) is 62.0 Å². The van der Waals surface area contributed by atoms with Crippen molar-refractivity contribution in [2.24, 2.45) is 0 Å². The number of hydrogen-bond donors (Lipinski definition) is 2. The Morgan fingerprint density at radius 3 is 2.71 bits per heavy atom. The zero-order valence-electron chi connectivity index (χ0n) is 14.8. The summed E-state index contributed by atoms with van der Waals surface area (Å²) in [5.41, 5.74) is 6.85. The van der Waals surface area contributed by atoms with Crippen LogP contribution >= 0.6 is 0 Å². The second-order valence-electron chi connectivity index (χ2n) is 7.22. The molecule has 0 bridgehead atoms. The van der Waals surface area contributed by atoms with Crippen LogP contribution in [0.2, 0.25) is 0 Å². The Kier molecular flexibility index (Phi) is 4.31. The van der Waals surface area contributed by atoms with Gasteiger partial charge < -0.3 is 10.2 Å². The molecule has 2 aromatic rings. The number of hydrogen-bond acceptors (Lipinski definition) is 3. The van der Waals surface area contributed by atoms with Gasteiger partial charge in [-0.3, -0.25) is 5.10 Å². The van der Waals surface area contributed by atoms with Crippen molar-refractivity contribution < 1.29 is 0 Å². The molecule has 1 aliphatic carbocycles. The summed E-state index contributed by atoms with van der Waals surface area (Å²) in [5, 5.41) is 11.1. The lowest BCUT2D eigenvalue weighted by atomic mass is 9.78. The van der Waals surface area contributed by atoms with E-state index in [0.717, 1.165) is 18.7 Å². The van der Waals surface area contributed by atoms with E-state index in [9.17, 15) is 0 Å². The van der Waals surface area contributed by atoms with E-state index in [4.69, 9.17) is 0 Å². The minimum Gasteiger partial charge on any atom is -0.384 e. The quantitative estimate of drug-likeness (QED) is 0.843. The predicted octanol–water partition coefficient (Wildman–Crippen LogP) is 4.02. The summed E-state index contributed by atoms with van der Waals surface area (Å²) in [6, 6.07) is 7.26. The van der Waals surface area contributed by atoms with Crippen molar-refractivity contribution in [3.8, 4) is 11.3 Å². The minimum atomic E-state index is 0.656. The van der Waals surface area contributed by atoms with Crippen LogP contribution in [0.15, 0.2) is 24.4 Å². The highest BCUT2D eigenvalue weighted by atomic mass is 15.2. The van der Waals surface area contributed by atoms with Crippen molar-refractivity contribution in [2.45, 2.75) is 51.5 Å². The molecule has 0 saturated heterocycles. The van der Waals surface area contributed by atoms with Crippen molar-refractivity contribution in [2.75, 3.05) is 25.0 Å². The lowest BCUT2D eigenvalue weighted by Crippen LogP contribution is -2.41. The Bertz CT molecular complexity index is 686. The Hall–Kier alpha value is -1.81. The second kappa shape index (κ2) is 6.60. The Morgan fingerprint density at radius 1 is 1.17 bits per heavy atom. The summed E-state index contributed by atoms with van der Waals surface area (Å²) in [7, 11) is 0.